The van der Waals surface area contributed by atoms with Crippen LogP contribution in [0.5, 0.6) is 0 Å². The third kappa shape index (κ3) is 5.00. The van der Waals surface area contributed by atoms with Crippen LogP contribution < -0.4 is 10.9 Å². The highest BCUT2D eigenvalue weighted by Crippen LogP contribution is 2.48. The number of fused-ring (bicyclic) bond motifs is 4. The summed E-state index contributed by atoms with van der Waals surface area (Å²) in [6.45, 7) is 0. The molecule has 0 aromatic heterocycles. The van der Waals surface area contributed by atoms with Gasteiger partial charge in [0.1, 0.15) is 0 Å². The average molecular weight is 387 g/mol. The van der Waals surface area contributed by atoms with Gasteiger partial charge in [-0.3, -0.25) is 9.59 Å². The molecule has 0 aliphatic heterocycles. The second-order valence-corrected chi connectivity index (χ2v) is 9.51. The van der Waals surface area contributed by atoms with Crippen molar-refractivity contribution in [2.45, 2.75) is 77.0 Å². The predicted molar refractivity (Wildman–Crippen MR) is 110 cm³/mol. The minimum absolute atomic E-state index is 0.0610. The van der Waals surface area contributed by atoms with E-state index < -0.39 is 0 Å². The zero-order valence-corrected chi connectivity index (χ0v) is 16.8. The topological polar surface area (TPSA) is 82.9 Å². The first-order valence-electron chi connectivity index (χ1n) is 11.3. The summed E-state index contributed by atoms with van der Waals surface area (Å²) in [6.07, 6.45) is 16.7. The number of rotatable bonds is 9. The number of carbonyl (C=O) groups excluding carboxylic acids is 2. The number of amides is 2. The summed E-state index contributed by atoms with van der Waals surface area (Å²) in [7, 11) is 0. The summed E-state index contributed by atoms with van der Waals surface area (Å²) in [4.78, 5) is 23.7. The van der Waals surface area contributed by atoms with Crippen LogP contribution in [0.3, 0.4) is 0 Å². The van der Waals surface area contributed by atoms with E-state index in [1.54, 1.807) is 0 Å². The molecule has 154 valence electrons. The molecule has 4 aliphatic rings. The number of nitrogens with zero attached hydrogens (tertiary/aromatic N) is 2. The standard InChI is InChI=1S/C22H34N4O2/c27-21(25-23-13-19-11-15-5-7-17(19)9-15)3-1-2-4-22(28)26-24-14-20-12-16-6-8-18(20)10-16/h13-20H,1-12H2,(H,25,27)(H,26,28)/b23-13+,24-14+/t15-,16+,17-,18-,19+,20-/m0/s1. The summed E-state index contributed by atoms with van der Waals surface area (Å²) in [5.41, 5.74) is 5.28. The van der Waals surface area contributed by atoms with Crippen LogP contribution >= 0.6 is 0 Å². The highest BCUT2D eigenvalue weighted by molar-refractivity contribution is 5.78. The lowest BCUT2D eigenvalue weighted by Gasteiger charge is -2.16. The lowest BCUT2D eigenvalue weighted by molar-refractivity contribution is -0.123. The molecule has 2 N–H and O–H groups in total. The second kappa shape index (κ2) is 9.19. The van der Waals surface area contributed by atoms with Gasteiger partial charge in [-0.2, -0.15) is 10.2 Å². The average Bonchev–Trinajstić information content (AvgIpc) is 3.46. The molecule has 0 saturated heterocycles. The Bertz CT molecular complexity index is 578. The van der Waals surface area contributed by atoms with Crippen molar-refractivity contribution >= 4 is 24.2 Å². The molecule has 4 rings (SSSR count). The summed E-state index contributed by atoms with van der Waals surface area (Å²) in [6, 6.07) is 0. The van der Waals surface area contributed by atoms with Crippen LogP contribution in [0.15, 0.2) is 10.2 Å². The molecular weight excluding hydrogens is 352 g/mol. The Labute approximate surface area is 168 Å². The monoisotopic (exact) mass is 386 g/mol. The van der Waals surface area contributed by atoms with E-state index in [1.165, 1.54) is 51.4 Å². The van der Waals surface area contributed by atoms with Crippen LogP contribution in [-0.4, -0.2) is 24.2 Å². The molecule has 2 amide bonds. The van der Waals surface area contributed by atoms with Crippen LogP contribution in [0.25, 0.3) is 0 Å². The van der Waals surface area contributed by atoms with E-state index in [4.69, 9.17) is 0 Å². The highest BCUT2D eigenvalue weighted by atomic mass is 16.2. The maximum Gasteiger partial charge on any atom is 0.240 e. The van der Waals surface area contributed by atoms with Gasteiger partial charge in [-0.05, 0) is 86.9 Å². The second-order valence-electron chi connectivity index (χ2n) is 9.51. The molecule has 6 atom stereocenters. The highest BCUT2D eigenvalue weighted by Gasteiger charge is 2.39. The molecule has 0 unspecified atom stereocenters. The first-order valence-corrected chi connectivity index (χ1v) is 11.3. The number of hydrogen-bond donors (Lipinski definition) is 2. The summed E-state index contributed by atoms with van der Waals surface area (Å²) < 4.78 is 0. The smallest absolute Gasteiger partial charge is 0.240 e. The van der Waals surface area contributed by atoms with Crippen molar-refractivity contribution in [2.75, 3.05) is 0 Å². The maximum atomic E-state index is 11.9. The molecule has 0 radical (unpaired) electrons. The molecular formula is C22H34N4O2. The molecule has 0 aromatic rings. The van der Waals surface area contributed by atoms with Crippen molar-refractivity contribution in [3.63, 3.8) is 0 Å². The predicted octanol–water partition coefficient (Wildman–Crippen LogP) is 3.62. The van der Waals surface area contributed by atoms with E-state index in [9.17, 15) is 9.59 Å². The molecule has 4 bridgehead atoms. The number of hydrogen-bond acceptors (Lipinski definition) is 4. The van der Waals surface area contributed by atoms with Gasteiger partial charge in [0.25, 0.3) is 0 Å². The molecule has 0 aromatic carbocycles. The lowest BCUT2D eigenvalue weighted by Crippen LogP contribution is -2.21. The Morgan fingerprint density at radius 2 is 1.18 bits per heavy atom. The van der Waals surface area contributed by atoms with Crippen LogP contribution in [0.1, 0.15) is 77.0 Å². The van der Waals surface area contributed by atoms with Gasteiger partial charge >= 0.3 is 0 Å². The number of nitrogens with one attached hydrogen (secondary N) is 2. The van der Waals surface area contributed by atoms with Crippen LogP contribution in [0.4, 0.5) is 0 Å². The molecule has 4 saturated carbocycles. The molecule has 0 heterocycles. The van der Waals surface area contributed by atoms with E-state index in [0.717, 1.165) is 23.7 Å². The number of unbranched alkanes of at least 4 members (excludes halogenated alkanes) is 1. The molecule has 6 nitrogen and oxygen atoms in total. The third-order valence-corrected chi connectivity index (χ3v) is 7.55. The Morgan fingerprint density at radius 1 is 0.714 bits per heavy atom. The number of carbonyl (C=O) groups is 2. The van der Waals surface area contributed by atoms with Crippen LogP contribution in [-0.2, 0) is 9.59 Å². The first kappa shape index (κ1) is 19.6. The van der Waals surface area contributed by atoms with Gasteiger partial charge in [-0.1, -0.05) is 12.8 Å². The SMILES string of the molecule is O=C(CCCCC(=O)N/N=C/[C@H]1C[C@H]2CC[C@H]1C2)N/N=C/[C@@H]1C[C@@H]2CC[C@H]1C2. The van der Waals surface area contributed by atoms with E-state index in [1.807, 2.05) is 12.4 Å². The fourth-order valence-corrected chi connectivity index (χ4v) is 6.05. The first-order chi connectivity index (χ1) is 13.7. The van der Waals surface area contributed by atoms with Crippen molar-refractivity contribution < 1.29 is 9.59 Å². The van der Waals surface area contributed by atoms with Crippen LogP contribution in [0.2, 0.25) is 0 Å². The molecule has 0 spiro atoms. The fraction of sp³-hybridized carbons (Fsp3) is 0.818. The molecule has 4 fully saturated rings. The van der Waals surface area contributed by atoms with Crippen molar-refractivity contribution in [3.8, 4) is 0 Å². The molecule has 28 heavy (non-hydrogen) atoms. The quantitative estimate of drug-likeness (QED) is 0.360. The minimum atomic E-state index is -0.0610. The summed E-state index contributed by atoms with van der Waals surface area (Å²) >= 11 is 0. The van der Waals surface area contributed by atoms with Crippen molar-refractivity contribution in [1.82, 2.24) is 10.9 Å². The van der Waals surface area contributed by atoms with Crippen molar-refractivity contribution in [2.24, 2.45) is 45.7 Å². The maximum absolute atomic E-state index is 11.9. The number of hydrazone groups is 2. The van der Waals surface area contributed by atoms with Gasteiger partial charge in [0.15, 0.2) is 0 Å². The van der Waals surface area contributed by atoms with Gasteiger partial charge < -0.3 is 0 Å². The Kier molecular flexibility index (Phi) is 6.43. The zero-order chi connectivity index (χ0) is 19.3. The Hall–Kier alpha value is -1.72. The molecule has 6 heteroatoms. The van der Waals surface area contributed by atoms with Gasteiger partial charge in [0.05, 0.1) is 0 Å². The fourth-order valence-electron chi connectivity index (χ4n) is 6.05. The van der Waals surface area contributed by atoms with Gasteiger partial charge in [0, 0.05) is 25.3 Å². The van der Waals surface area contributed by atoms with E-state index in [-0.39, 0.29) is 11.8 Å². The Morgan fingerprint density at radius 3 is 1.54 bits per heavy atom. The van der Waals surface area contributed by atoms with Crippen LogP contribution in [0, 0.1) is 35.5 Å². The van der Waals surface area contributed by atoms with Gasteiger partial charge in [-0.25, -0.2) is 10.9 Å². The zero-order valence-electron chi connectivity index (χ0n) is 16.8. The van der Waals surface area contributed by atoms with Gasteiger partial charge in [-0.15, -0.1) is 0 Å². The van der Waals surface area contributed by atoms with E-state index >= 15 is 0 Å². The van der Waals surface area contributed by atoms with E-state index in [0.29, 0.717) is 37.5 Å². The Balaban J connectivity index is 1.03. The minimum Gasteiger partial charge on any atom is -0.273 e. The summed E-state index contributed by atoms with van der Waals surface area (Å²) in [5.74, 6) is 4.35. The van der Waals surface area contributed by atoms with E-state index in [2.05, 4.69) is 21.1 Å². The van der Waals surface area contributed by atoms with Crippen molar-refractivity contribution in [1.29, 1.82) is 0 Å². The normalized spacial score (nSPS) is 36.0. The lowest BCUT2D eigenvalue weighted by atomic mass is 9.90. The summed E-state index contributed by atoms with van der Waals surface area (Å²) in [5, 5.41) is 8.31. The van der Waals surface area contributed by atoms with Crippen molar-refractivity contribution in [3.05, 3.63) is 0 Å². The third-order valence-electron chi connectivity index (χ3n) is 7.55. The largest absolute Gasteiger partial charge is 0.273 e. The molecule has 4 aliphatic carbocycles. The van der Waals surface area contributed by atoms with Gasteiger partial charge in [0.2, 0.25) is 11.8 Å².